The molecule has 0 fully saturated rings. The molecule has 0 amide bonds. The van der Waals surface area contributed by atoms with E-state index in [1.54, 1.807) is 14.2 Å². The molecular formula is C25H24N2O2S. The number of thiazole rings is 1. The van der Waals surface area contributed by atoms with Crippen molar-refractivity contribution in [2.75, 3.05) is 20.0 Å². The van der Waals surface area contributed by atoms with Gasteiger partial charge < -0.3 is 15.2 Å². The van der Waals surface area contributed by atoms with Gasteiger partial charge in [0, 0.05) is 11.3 Å². The lowest BCUT2D eigenvalue weighted by atomic mass is 9.89. The van der Waals surface area contributed by atoms with Gasteiger partial charge in [0.15, 0.2) is 5.13 Å². The van der Waals surface area contributed by atoms with Gasteiger partial charge in [0.05, 0.1) is 19.9 Å². The van der Waals surface area contributed by atoms with E-state index in [-0.39, 0.29) is 5.92 Å². The molecule has 30 heavy (non-hydrogen) atoms. The zero-order chi connectivity index (χ0) is 20.9. The van der Waals surface area contributed by atoms with Crippen LogP contribution < -0.4 is 15.2 Å². The van der Waals surface area contributed by atoms with E-state index in [9.17, 15) is 0 Å². The van der Waals surface area contributed by atoms with Crippen molar-refractivity contribution in [1.82, 2.24) is 4.98 Å². The fourth-order valence-electron chi connectivity index (χ4n) is 3.56. The molecule has 0 bridgehead atoms. The summed E-state index contributed by atoms with van der Waals surface area (Å²) in [4.78, 5) is 4.56. The van der Waals surface area contributed by atoms with Gasteiger partial charge in [-0.1, -0.05) is 48.5 Å². The molecule has 1 aromatic heterocycles. The van der Waals surface area contributed by atoms with E-state index in [4.69, 9.17) is 15.2 Å². The molecule has 0 spiro atoms. The monoisotopic (exact) mass is 416 g/mol. The molecule has 5 heteroatoms. The summed E-state index contributed by atoms with van der Waals surface area (Å²) in [5.41, 5.74) is 11.7. The first-order chi connectivity index (χ1) is 14.7. The fraction of sp³-hybridized carbons (Fsp3) is 0.160. The molecule has 0 radical (unpaired) electrons. The number of hydrogen-bond donors (Lipinski definition) is 1. The number of nitrogen functional groups attached to an aromatic ring is 1. The minimum atomic E-state index is 0.132. The number of nitrogens with zero attached hydrogens (tertiary/aromatic N) is 1. The fourth-order valence-corrected chi connectivity index (χ4v) is 4.18. The molecule has 0 saturated heterocycles. The van der Waals surface area contributed by atoms with E-state index in [2.05, 4.69) is 52.8 Å². The summed E-state index contributed by atoms with van der Waals surface area (Å²) in [5.74, 6) is 1.84. The molecule has 4 aromatic rings. The summed E-state index contributed by atoms with van der Waals surface area (Å²) in [6.07, 6.45) is 0.841. The lowest BCUT2D eigenvalue weighted by molar-refractivity contribution is 0.414. The van der Waals surface area contributed by atoms with Gasteiger partial charge in [-0.25, -0.2) is 4.98 Å². The number of hydrogen-bond acceptors (Lipinski definition) is 5. The maximum Gasteiger partial charge on any atom is 0.180 e. The molecule has 0 saturated carbocycles. The summed E-state index contributed by atoms with van der Waals surface area (Å²) >= 11 is 1.48. The number of benzene rings is 3. The van der Waals surface area contributed by atoms with Gasteiger partial charge in [-0.05, 0) is 52.9 Å². The van der Waals surface area contributed by atoms with Crippen LogP contribution in [0.25, 0.3) is 11.1 Å². The quantitative estimate of drug-likeness (QED) is 0.415. The second kappa shape index (κ2) is 9.01. The first-order valence-corrected chi connectivity index (χ1v) is 10.6. The van der Waals surface area contributed by atoms with Crippen molar-refractivity contribution >= 4 is 16.5 Å². The molecule has 1 heterocycles. The van der Waals surface area contributed by atoms with Crippen LogP contribution >= 0.6 is 11.3 Å². The van der Waals surface area contributed by atoms with Crippen LogP contribution in [0.4, 0.5) is 5.13 Å². The van der Waals surface area contributed by atoms with Gasteiger partial charge >= 0.3 is 0 Å². The van der Waals surface area contributed by atoms with Crippen molar-refractivity contribution in [3.8, 4) is 22.6 Å². The average molecular weight is 417 g/mol. The highest BCUT2D eigenvalue weighted by Crippen LogP contribution is 2.32. The molecule has 0 aliphatic carbocycles. The molecule has 0 aliphatic rings. The molecule has 4 rings (SSSR count). The first kappa shape index (κ1) is 20.0. The highest BCUT2D eigenvalue weighted by Gasteiger charge is 2.18. The normalized spacial score (nSPS) is 11.8. The second-order valence-corrected chi connectivity index (χ2v) is 7.96. The van der Waals surface area contributed by atoms with Gasteiger partial charge in [-0.15, -0.1) is 11.3 Å². The minimum Gasteiger partial charge on any atom is -0.497 e. The van der Waals surface area contributed by atoms with Crippen molar-refractivity contribution in [2.24, 2.45) is 0 Å². The first-order valence-electron chi connectivity index (χ1n) is 9.74. The Kier molecular flexibility index (Phi) is 6.00. The molecule has 3 aromatic carbocycles. The molecule has 0 unspecified atom stereocenters. The summed E-state index contributed by atoms with van der Waals surface area (Å²) in [6.45, 7) is 0. The predicted molar refractivity (Wildman–Crippen MR) is 123 cm³/mol. The number of anilines is 1. The van der Waals surface area contributed by atoms with Crippen LogP contribution in [0.1, 0.15) is 22.7 Å². The van der Waals surface area contributed by atoms with Crippen molar-refractivity contribution in [1.29, 1.82) is 0 Å². The molecular weight excluding hydrogens is 392 g/mol. The Balaban J connectivity index is 1.60. The summed E-state index contributed by atoms with van der Waals surface area (Å²) in [7, 11) is 3.37. The van der Waals surface area contributed by atoms with Crippen LogP contribution in [0.15, 0.2) is 78.2 Å². The van der Waals surface area contributed by atoms with Gasteiger partial charge in [0.1, 0.15) is 11.5 Å². The zero-order valence-electron chi connectivity index (χ0n) is 17.0. The van der Waals surface area contributed by atoms with Crippen molar-refractivity contribution in [3.63, 3.8) is 0 Å². The van der Waals surface area contributed by atoms with E-state index in [1.165, 1.54) is 22.5 Å². The van der Waals surface area contributed by atoms with Crippen LogP contribution in [-0.4, -0.2) is 19.2 Å². The van der Waals surface area contributed by atoms with Crippen molar-refractivity contribution < 1.29 is 9.47 Å². The minimum absolute atomic E-state index is 0.132. The SMILES string of the molecule is COc1ccc([C@H](Cc2ccc(-c3cccc(OC)c3)cc2)c2csc(N)n2)cc1. The Hall–Kier alpha value is -3.31. The van der Waals surface area contributed by atoms with Gasteiger partial charge in [0.2, 0.25) is 0 Å². The highest BCUT2D eigenvalue weighted by atomic mass is 32.1. The Morgan fingerprint density at radius 1 is 0.867 bits per heavy atom. The molecule has 2 N–H and O–H groups in total. The predicted octanol–water partition coefficient (Wildman–Crippen LogP) is 5.78. The van der Waals surface area contributed by atoms with E-state index >= 15 is 0 Å². The topological polar surface area (TPSA) is 57.4 Å². The van der Waals surface area contributed by atoms with Crippen LogP contribution in [0, 0.1) is 0 Å². The third-order valence-electron chi connectivity index (χ3n) is 5.21. The van der Waals surface area contributed by atoms with Crippen molar-refractivity contribution in [2.45, 2.75) is 12.3 Å². The third-order valence-corrected chi connectivity index (χ3v) is 5.90. The van der Waals surface area contributed by atoms with Gasteiger partial charge in [-0.2, -0.15) is 0 Å². The highest BCUT2D eigenvalue weighted by molar-refractivity contribution is 7.13. The average Bonchev–Trinajstić information content (AvgIpc) is 3.24. The van der Waals surface area contributed by atoms with E-state index < -0.39 is 0 Å². The smallest absolute Gasteiger partial charge is 0.180 e. The number of methoxy groups -OCH3 is 2. The number of aromatic nitrogens is 1. The van der Waals surface area contributed by atoms with E-state index in [1.807, 2.05) is 30.3 Å². The van der Waals surface area contributed by atoms with E-state index in [0.717, 1.165) is 34.7 Å². The largest absolute Gasteiger partial charge is 0.497 e. The second-order valence-electron chi connectivity index (χ2n) is 7.07. The van der Waals surface area contributed by atoms with E-state index in [0.29, 0.717) is 5.13 Å². The summed E-state index contributed by atoms with van der Waals surface area (Å²) in [5, 5.41) is 2.64. The lowest BCUT2D eigenvalue weighted by Gasteiger charge is -2.16. The maximum absolute atomic E-state index is 5.92. The van der Waals surface area contributed by atoms with Gasteiger partial charge in [-0.3, -0.25) is 0 Å². The number of nitrogens with two attached hydrogens (primary N) is 1. The lowest BCUT2D eigenvalue weighted by Crippen LogP contribution is -2.06. The maximum atomic E-state index is 5.92. The Bertz CT molecular complexity index is 1100. The number of ether oxygens (including phenoxy) is 2. The molecule has 152 valence electrons. The molecule has 4 nitrogen and oxygen atoms in total. The summed E-state index contributed by atoms with van der Waals surface area (Å²) < 4.78 is 10.7. The Morgan fingerprint density at radius 3 is 2.23 bits per heavy atom. The van der Waals surface area contributed by atoms with Crippen molar-refractivity contribution in [3.05, 3.63) is 95.0 Å². The number of rotatable bonds is 7. The Morgan fingerprint density at radius 2 is 1.60 bits per heavy atom. The van der Waals surface area contributed by atoms with Gasteiger partial charge in [0.25, 0.3) is 0 Å². The standard InChI is InChI=1S/C25H24N2O2S/c1-28-21-12-10-19(11-13-21)23(24-16-30-25(26)27-24)14-17-6-8-18(9-7-17)20-4-3-5-22(15-20)29-2/h3-13,15-16,23H,14H2,1-2H3,(H2,26,27)/t23-/m0/s1. The molecule has 0 aliphatic heterocycles. The zero-order valence-corrected chi connectivity index (χ0v) is 17.9. The third kappa shape index (κ3) is 4.47. The van der Waals surface area contributed by atoms with Crippen LogP contribution in [0.3, 0.4) is 0 Å². The Labute approximate surface area is 180 Å². The summed E-state index contributed by atoms with van der Waals surface area (Å²) in [6, 6.07) is 25.0. The van der Waals surface area contributed by atoms with Crippen LogP contribution in [-0.2, 0) is 6.42 Å². The van der Waals surface area contributed by atoms with Crippen LogP contribution in [0.2, 0.25) is 0 Å². The molecule has 1 atom stereocenters. The van der Waals surface area contributed by atoms with Crippen LogP contribution in [0.5, 0.6) is 11.5 Å².